The van der Waals surface area contributed by atoms with Crippen molar-refractivity contribution in [2.75, 3.05) is 26.3 Å². The molecule has 0 atom stereocenters. The Bertz CT molecular complexity index is 689. The van der Waals surface area contributed by atoms with Gasteiger partial charge < -0.3 is 15.0 Å². The van der Waals surface area contributed by atoms with E-state index in [-0.39, 0.29) is 0 Å². The van der Waals surface area contributed by atoms with Gasteiger partial charge in [0.05, 0.1) is 19.3 Å². The SMILES string of the molecule is c1ccc(C2CCC([NH2+]Cc3ccccc3C[NH+]3CCOCC3)CC2)cc1. The number of quaternary nitrogens is 2. The van der Waals surface area contributed by atoms with Crippen LogP contribution in [0.25, 0.3) is 0 Å². The van der Waals surface area contributed by atoms with Crippen LogP contribution in [-0.2, 0) is 17.8 Å². The molecule has 2 fully saturated rings. The van der Waals surface area contributed by atoms with E-state index in [0.717, 1.165) is 51.4 Å². The molecular formula is C24H34N2O+2. The van der Waals surface area contributed by atoms with Crippen LogP contribution in [0.5, 0.6) is 0 Å². The molecule has 0 bridgehead atoms. The van der Waals surface area contributed by atoms with Crippen LogP contribution in [0.15, 0.2) is 54.6 Å². The molecule has 3 N–H and O–H groups in total. The highest BCUT2D eigenvalue weighted by Gasteiger charge is 2.24. The molecule has 1 saturated carbocycles. The molecular weight excluding hydrogens is 332 g/mol. The van der Waals surface area contributed by atoms with E-state index in [0.29, 0.717) is 0 Å². The van der Waals surface area contributed by atoms with Crippen LogP contribution in [0.4, 0.5) is 0 Å². The van der Waals surface area contributed by atoms with Crippen LogP contribution in [-0.4, -0.2) is 32.3 Å². The van der Waals surface area contributed by atoms with Gasteiger partial charge in [-0.15, -0.1) is 0 Å². The number of benzene rings is 2. The van der Waals surface area contributed by atoms with Crippen molar-refractivity contribution in [2.24, 2.45) is 0 Å². The van der Waals surface area contributed by atoms with Gasteiger partial charge in [0.2, 0.25) is 0 Å². The quantitative estimate of drug-likeness (QED) is 0.804. The van der Waals surface area contributed by atoms with Crippen LogP contribution in [0, 0.1) is 0 Å². The molecule has 2 aliphatic rings. The third-order valence-electron chi connectivity index (χ3n) is 6.47. The minimum Gasteiger partial charge on any atom is -0.370 e. The maximum Gasteiger partial charge on any atom is 0.103 e. The number of morpholine rings is 1. The van der Waals surface area contributed by atoms with Crippen LogP contribution >= 0.6 is 0 Å². The highest BCUT2D eigenvalue weighted by molar-refractivity contribution is 5.25. The normalized spacial score (nSPS) is 24.0. The minimum atomic E-state index is 0.771. The Labute approximate surface area is 163 Å². The van der Waals surface area contributed by atoms with E-state index in [9.17, 15) is 0 Å². The summed E-state index contributed by atoms with van der Waals surface area (Å²) >= 11 is 0. The van der Waals surface area contributed by atoms with E-state index < -0.39 is 0 Å². The fraction of sp³-hybridized carbons (Fsp3) is 0.500. The average molecular weight is 367 g/mol. The van der Waals surface area contributed by atoms with E-state index in [2.05, 4.69) is 59.9 Å². The maximum atomic E-state index is 5.51. The second-order valence-corrected chi connectivity index (χ2v) is 8.27. The molecule has 1 heterocycles. The van der Waals surface area contributed by atoms with Crippen molar-refractivity contribution in [3.8, 4) is 0 Å². The third-order valence-corrected chi connectivity index (χ3v) is 6.47. The van der Waals surface area contributed by atoms with Gasteiger partial charge in [-0.2, -0.15) is 0 Å². The van der Waals surface area contributed by atoms with Crippen LogP contribution in [0.2, 0.25) is 0 Å². The zero-order valence-corrected chi connectivity index (χ0v) is 16.4. The summed E-state index contributed by atoms with van der Waals surface area (Å²) in [4.78, 5) is 1.66. The maximum absolute atomic E-state index is 5.51. The second kappa shape index (κ2) is 9.50. The number of rotatable bonds is 6. The summed E-state index contributed by atoms with van der Waals surface area (Å²) in [7, 11) is 0. The van der Waals surface area contributed by atoms with Crippen molar-refractivity contribution in [2.45, 2.75) is 50.7 Å². The smallest absolute Gasteiger partial charge is 0.103 e. The van der Waals surface area contributed by atoms with Crippen LogP contribution < -0.4 is 10.2 Å². The Balaban J connectivity index is 1.28. The van der Waals surface area contributed by atoms with Gasteiger partial charge in [0.1, 0.15) is 26.2 Å². The summed E-state index contributed by atoms with van der Waals surface area (Å²) in [5.74, 6) is 0.771. The Morgan fingerprint density at radius 3 is 2.22 bits per heavy atom. The zero-order valence-electron chi connectivity index (χ0n) is 16.4. The first-order valence-electron chi connectivity index (χ1n) is 10.7. The van der Waals surface area contributed by atoms with Gasteiger partial charge in [-0.05, 0) is 37.2 Å². The highest BCUT2D eigenvalue weighted by atomic mass is 16.5. The molecule has 0 spiro atoms. The summed E-state index contributed by atoms with van der Waals surface area (Å²) in [5.41, 5.74) is 4.60. The standard InChI is InChI=1S/C24H32N2O/c1-2-6-20(7-3-1)21-10-12-24(13-11-21)25-18-22-8-4-5-9-23(22)19-26-14-16-27-17-15-26/h1-9,21,24-25H,10-19H2/p+2. The Kier molecular flexibility index (Phi) is 6.57. The number of hydrogen-bond acceptors (Lipinski definition) is 1. The molecule has 2 aromatic rings. The molecule has 0 unspecified atom stereocenters. The van der Waals surface area contributed by atoms with Gasteiger partial charge in [-0.25, -0.2) is 0 Å². The fourth-order valence-corrected chi connectivity index (χ4v) is 4.74. The molecule has 1 aliphatic carbocycles. The van der Waals surface area contributed by atoms with Crippen molar-refractivity contribution in [1.29, 1.82) is 0 Å². The lowest BCUT2D eigenvalue weighted by Gasteiger charge is -2.28. The first-order chi connectivity index (χ1) is 13.4. The Hall–Kier alpha value is -1.68. The summed E-state index contributed by atoms with van der Waals surface area (Å²) in [5, 5.41) is 2.61. The van der Waals surface area contributed by atoms with Crippen LogP contribution in [0.3, 0.4) is 0 Å². The molecule has 0 radical (unpaired) electrons. The predicted molar refractivity (Wildman–Crippen MR) is 109 cm³/mol. The molecule has 3 nitrogen and oxygen atoms in total. The van der Waals surface area contributed by atoms with E-state index in [1.807, 2.05) is 0 Å². The molecule has 0 amide bonds. The molecule has 144 valence electrons. The van der Waals surface area contributed by atoms with E-state index in [4.69, 9.17) is 4.74 Å². The van der Waals surface area contributed by atoms with E-state index in [1.54, 1.807) is 4.90 Å². The molecule has 1 aliphatic heterocycles. The summed E-state index contributed by atoms with van der Waals surface area (Å²) in [6.45, 7) is 6.38. The molecule has 4 rings (SSSR count). The topological polar surface area (TPSA) is 30.3 Å². The molecule has 0 aromatic heterocycles. The lowest BCUT2D eigenvalue weighted by molar-refractivity contribution is -0.921. The second-order valence-electron chi connectivity index (χ2n) is 8.27. The van der Waals surface area contributed by atoms with Crippen molar-refractivity contribution in [3.05, 3.63) is 71.3 Å². The van der Waals surface area contributed by atoms with Gasteiger partial charge in [0, 0.05) is 11.1 Å². The van der Waals surface area contributed by atoms with Gasteiger partial charge in [-0.1, -0.05) is 54.6 Å². The van der Waals surface area contributed by atoms with Crippen molar-refractivity contribution in [3.63, 3.8) is 0 Å². The predicted octanol–water partition coefficient (Wildman–Crippen LogP) is 1.89. The van der Waals surface area contributed by atoms with E-state index in [1.165, 1.54) is 42.4 Å². The van der Waals surface area contributed by atoms with Gasteiger partial charge >= 0.3 is 0 Å². The van der Waals surface area contributed by atoms with Crippen LogP contribution in [0.1, 0.15) is 48.3 Å². The number of ether oxygens (including phenoxy) is 1. The number of hydrogen-bond donors (Lipinski definition) is 2. The van der Waals surface area contributed by atoms with Crippen molar-refractivity contribution < 1.29 is 15.0 Å². The summed E-state index contributed by atoms with van der Waals surface area (Å²) < 4.78 is 5.51. The molecule has 1 saturated heterocycles. The average Bonchev–Trinajstić information content (AvgIpc) is 2.75. The van der Waals surface area contributed by atoms with Crippen molar-refractivity contribution >= 4 is 0 Å². The fourth-order valence-electron chi connectivity index (χ4n) is 4.74. The Morgan fingerprint density at radius 2 is 1.48 bits per heavy atom. The Morgan fingerprint density at radius 1 is 0.815 bits per heavy atom. The monoisotopic (exact) mass is 366 g/mol. The number of nitrogens with two attached hydrogens (primary N) is 1. The van der Waals surface area contributed by atoms with Crippen molar-refractivity contribution in [1.82, 2.24) is 0 Å². The third kappa shape index (κ3) is 5.19. The lowest BCUT2D eigenvalue weighted by Crippen LogP contribution is -3.12. The first kappa shape index (κ1) is 18.7. The lowest BCUT2D eigenvalue weighted by atomic mass is 9.82. The highest BCUT2D eigenvalue weighted by Crippen LogP contribution is 2.31. The first-order valence-corrected chi connectivity index (χ1v) is 10.7. The zero-order chi connectivity index (χ0) is 18.3. The van der Waals surface area contributed by atoms with Gasteiger partial charge in [0.25, 0.3) is 0 Å². The minimum absolute atomic E-state index is 0.771. The molecule has 27 heavy (non-hydrogen) atoms. The number of nitrogens with one attached hydrogen (secondary N) is 1. The molecule has 3 heteroatoms. The molecule has 2 aromatic carbocycles. The van der Waals surface area contributed by atoms with Gasteiger partial charge in [-0.3, -0.25) is 0 Å². The summed E-state index contributed by atoms with van der Waals surface area (Å²) in [6.07, 6.45) is 5.36. The summed E-state index contributed by atoms with van der Waals surface area (Å²) in [6, 6.07) is 20.9. The largest absolute Gasteiger partial charge is 0.370 e. The van der Waals surface area contributed by atoms with Gasteiger partial charge in [0.15, 0.2) is 0 Å². The van der Waals surface area contributed by atoms with E-state index >= 15 is 0 Å².